The lowest BCUT2D eigenvalue weighted by molar-refractivity contribution is 0.152. The van der Waals surface area contributed by atoms with Gasteiger partial charge in [-0.05, 0) is 0 Å². The van der Waals surface area contributed by atoms with Crippen molar-refractivity contribution >= 4 is 21.1 Å². The van der Waals surface area contributed by atoms with Crippen LogP contribution in [0.5, 0.6) is 0 Å². The van der Waals surface area contributed by atoms with E-state index in [1.165, 1.54) is 14.2 Å². The molecule has 62 valence electrons. The minimum atomic E-state index is -0.560. The second kappa shape index (κ2) is 3.39. The van der Waals surface area contributed by atoms with Crippen molar-refractivity contribution < 1.29 is 18.8 Å². The van der Waals surface area contributed by atoms with Gasteiger partial charge in [-0.1, -0.05) is 5.10 Å². The maximum Gasteiger partial charge on any atom is 0.436 e. The van der Waals surface area contributed by atoms with Crippen molar-refractivity contribution in [2.75, 3.05) is 14.2 Å². The summed E-state index contributed by atoms with van der Waals surface area (Å²) in [5.41, 5.74) is 0. The Morgan fingerprint density at radius 3 is 2.91 bits per heavy atom. The van der Waals surface area contributed by atoms with Crippen molar-refractivity contribution in [3.63, 3.8) is 0 Å². The van der Waals surface area contributed by atoms with Crippen LogP contribution in [0.4, 0.5) is 4.79 Å². The summed E-state index contributed by atoms with van der Waals surface area (Å²) in [6, 6.07) is 0. The molecule has 1 amide bonds. The molecule has 0 radical (unpaired) electrons. The van der Waals surface area contributed by atoms with E-state index in [1.807, 2.05) is 0 Å². The third-order valence-electron chi connectivity index (χ3n) is 0.923. The minimum absolute atomic E-state index is 0.0775. The molecule has 0 fully saturated rings. The van der Waals surface area contributed by atoms with Gasteiger partial charge < -0.3 is 14.0 Å². The molecule has 0 aliphatic carbocycles. The monoisotopic (exact) mass is 178 g/mol. The van der Waals surface area contributed by atoms with Gasteiger partial charge in [-0.3, -0.25) is 0 Å². The Balaban J connectivity index is 2.52. The van der Waals surface area contributed by atoms with Crippen LogP contribution in [0.1, 0.15) is 0 Å². The molecule has 11 heavy (non-hydrogen) atoms. The summed E-state index contributed by atoms with van der Waals surface area (Å²) in [7, 11) is 2.48. The first kappa shape index (κ1) is 8.07. The van der Waals surface area contributed by atoms with Gasteiger partial charge in [0.2, 0.25) is 8.96 Å². The van der Waals surface area contributed by atoms with Crippen LogP contribution in [0, 0.1) is 0 Å². The van der Waals surface area contributed by atoms with E-state index >= 15 is 0 Å². The Morgan fingerprint density at radius 2 is 2.45 bits per heavy atom. The average Bonchev–Trinajstić information content (AvgIpc) is 2.50. The van der Waals surface area contributed by atoms with Crippen molar-refractivity contribution in [1.82, 2.24) is 4.78 Å². The molecular formula is C4H7N2O4P. The zero-order valence-corrected chi connectivity index (χ0v) is 7.03. The first-order chi connectivity index (χ1) is 5.27. The summed E-state index contributed by atoms with van der Waals surface area (Å²) in [6.45, 7) is 0. The number of hydrogen-bond donors (Lipinski definition) is 0. The Labute approximate surface area is 65.0 Å². The molecule has 0 aromatic rings. The highest BCUT2D eigenvalue weighted by atomic mass is 31.1. The van der Waals surface area contributed by atoms with E-state index in [0.29, 0.717) is 0 Å². The van der Waals surface area contributed by atoms with Gasteiger partial charge in [-0.2, -0.15) is 0 Å². The molecular weight excluding hydrogens is 171 g/mol. The summed E-state index contributed by atoms with van der Waals surface area (Å²) in [6.07, 6.45) is -0.482. The van der Waals surface area contributed by atoms with Crippen molar-refractivity contribution in [3.8, 4) is 0 Å². The lowest BCUT2D eigenvalue weighted by Crippen LogP contribution is -2.14. The SMILES string of the molecule is COC(=O)N1N=C(OC)OP1. The fourth-order valence-corrected chi connectivity index (χ4v) is 1.03. The standard InChI is InChI=1S/C4H7N2O4P/c1-8-3-5-6(11-10-3)4(7)9-2/h11H,1-2H3. The van der Waals surface area contributed by atoms with E-state index in [9.17, 15) is 4.79 Å². The third kappa shape index (κ3) is 1.71. The Hall–Kier alpha value is -1.03. The molecule has 1 unspecified atom stereocenters. The fourth-order valence-electron chi connectivity index (χ4n) is 0.452. The van der Waals surface area contributed by atoms with E-state index in [4.69, 9.17) is 4.52 Å². The second-order valence-electron chi connectivity index (χ2n) is 1.55. The highest BCUT2D eigenvalue weighted by molar-refractivity contribution is 7.31. The van der Waals surface area contributed by atoms with Gasteiger partial charge in [-0.15, -0.1) is 4.78 Å². The summed E-state index contributed by atoms with van der Waals surface area (Å²) in [5.74, 6) is 0. The number of carbonyl (C=O) groups is 1. The van der Waals surface area contributed by atoms with Crippen LogP contribution in [0.3, 0.4) is 0 Å². The molecule has 6 nitrogen and oxygen atoms in total. The number of ether oxygens (including phenoxy) is 2. The first-order valence-electron chi connectivity index (χ1n) is 2.71. The van der Waals surface area contributed by atoms with Gasteiger partial charge in [-0.25, -0.2) is 4.79 Å². The second-order valence-corrected chi connectivity index (χ2v) is 2.36. The van der Waals surface area contributed by atoms with E-state index in [0.717, 1.165) is 4.78 Å². The van der Waals surface area contributed by atoms with E-state index in [1.54, 1.807) is 0 Å². The number of methoxy groups -OCH3 is 2. The molecule has 7 heteroatoms. The number of amides is 1. The first-order valence-corrected chi connectivity index (χ1v) is 3.56. The lowest BCUT2D eigenvalue weighted by atomic mass is 11.2. The van der Waals surface area contributed by atoms with Crippen molar-refractivity contribution in [2.45, 2.75) is 0 Å². The largest absolute Gasteiger partial charge is 0.453 e. The Kier molecular flexibility index (Phi) is 2.48. The number of carbonyl (C=O) groups excluding carboxylic acids is 1. The van der Waals surface area contributed by atoms with Gasteiger partial charge in [0.1, 0.15) is 0 Å². The molecule has 1 aliphatic heterocycles. The highest BCUT2D eigenvalue weighted by Gasteiger charge is 2.23. The molecule has 0 aromatic carbocycles. The van der Waals surface area contributed by atoms with Crippen LogP contribution in [0.25, 0.3) is 0 Å². The van der Waals surface area contributed by atoms with Crippen LogP contribution < -0.4 is 0 Å². The molecule has 0 bridgehead atoms. The smallest absolute Gasteiger partial charge is 0.436 e. The fraction of sp³-hybridized carbons (Fsp3) is 0.500. The third-order valence-corrected chi connectivity index (χ3v) is 1.64. The number of hydrogen-bond acceptors (Lipinski definition) is 5. The quantitative estimate of drug-likeness (QED) is 0.507. The predicted molar refractivity (Wildman–Crippen MR) is 38.1 cm³/mol. The van der Waals surface area contributed by atoms with E-state index in [-0.39, 0.29) is 15.0 Å². The van der Waals surface area contributed by atoms with Gasteiger partial charge in [0.15, 0.2) is 0 Å². The number of nitrogens with zero attached hydrogens (tertiary/aromatic N) is 2. The van der Waals surface area contributed by atoms with E-state index in [2.05, 4.69) is 14.6 Å². The maximum atomic E-state index is 10.7. The lowest BCUT2D eigenvalue weighted by Gasteiger charge is -2.03. The molecule has 0 spiro atoms. The molecule has 1 atom stereocenters. The summed E-state index contributed by atoms with van der Waals surface area (Å²) in [4.78, 5) is 10.7. The van der Waals surface area contributed by atoms with Gasteiger partial charge >= 0.3 is 12.2 Å². The van der Waals surface area contributed by atoms with Crippen molar-refractivity contribution in [3.05, 3.63) is 0 Å². The molecule has 0 saturated carbocycles. The Bertz CT molecular complexity index is 195. The normalized spacial score (nSPS) is 17.6. The molecule has 1 aliphatic rings. The number of hydrazone groups is 1. The molecule has 0 N–H and O–H groups in total. The van der Waals surface area contributed by atoms with Crippen LogP contribution in [0.2, 0.25) is 0 Å². The number of rotatable bonds is 0. The van der Waals surface area contributed by atoms with Crippen LogP contribution in [-0.4, -0.2) is 31.2 Å². The summed E-state index contributed by atoms with van der Waals surface area (Å²) in [5, 5.41) is 3.62. The highest BCUT2D eigenvalue weighted by Crippen LogP contribution is 2.27. The molecule has 0 saturated heterocycles. The topological polar surface area (TPSA) is 60.4 Å². The molecule has 1 rings (SSSR count). The minimum Gasteiger partial charge on any atom is -0.453 e. The predicted octanol–water partition coefficient (Wildman–Crippen LogP) is 0.511. The Morgan fingerprint density at radius 1 is 1.73 bits per heavy atom. The van der Waals surface area contributed by atoms with Gasteiger partial charge in [0.25, 0.3) is 0 Å². The van der Waals surface area contributed by atoms with E-state index < -0.39 is 6.09 Å². The maximum absolute atomic E-state index is 10.7. The van der Waals surface area contributed by atoms with Crippen LogP contribution in [0.15, 0.2) is 5.10 Å². The van der Waals surface area contributed by atoms with Crippen LogP contribution >= 0.6 is 8.96 Å². The van der Waals surface area contributed by atoms with Gasteiger partial charge in [0, 0.05) is 0 Å². The molecule has 0 aromatic heterocycles. The van der Waals surface area contributed by atoms with Gasteiger partial charge in [0.05, 0.1) is 14.2 Å². The average molecular weight is 178 g/mol. The zero-order chi connectivity index (χ0) is 8.27. The van der Waals surface area contributed by atoms with Crippen LogP contribution in [-0.2, 0) is 14.0 Å². The zero-order valence-electron chi connectivity index (χ0n) is 6.03. The van der Waals surface area contributed by atoms with Crippen molar-refractivity contribution in [2.24, 2.45) is 5.10 Å². The molecule has 1 heterocycles. The summed E-state index contributed by atoms with van der Waals surface area (Å²) < 4.78 is 14.9. The summed E-state index contributed by atoms with van der Waals surface area (Å²) >= 11 is 0. The van der Waals surface area contributed by atoms with Crippen molar-refractivity contribution in [1.29, 1.82) is 0 Å².